The lowest BCUT2D eigenvalue weighted by molar-refractivity contribution is -0.152. The minimum atomic E-state index is -1.20. The number of carboxylic acid groups (broad SMARTS) is 1. The summed E-state index contributed by atoms with van der Waals surface area (Å²) in [7, 11) is 1.05. The number of halogens is 12. The highest BCUT2D eigenvalue weighted by molar-refractivity contribution is 6.42. The van der Waals surface area contributed by atoms with Crippen LogP contribution in [0.2, 0.25) is 40.2 Å². The highest BCUT2D eigenvalue weighted by Crippen LogP contribution is 2.34. The molecule has 12 aromatic rings. The third-order valence-corrected chi connectivity index (χ3v) is 20.1. The minimum absolute atomic E-state index is 0.00142. The average Bonchev–Trinajstić information content (AvgIpc) is 1.42. The van der Waals surface area contributed by atoms with E-state index in [-0.39, 0.29) is 112 Å². The van der Waals surface area contributed by atoms with Gasteiger partial charge < -0.3 is 35.8 Å². The number of nitrogens with one attached hydrogen (secondary N) is 4. The van der Waals surface area contributed by atoms with E-state index in [0.717, 1.165) is 25.3 Å². The quantitative estimate of drug-likeness (QED) is 0.0105. The first-order chi connectivity index (χ1) is 59.0. The summed E-state index contributed by atoms with van der Waals surface area (Å²) in [5.41, 5.74) is 2.87. The molecule has 12 rings (SSSR count). The normalized spacial score (nSPS) is 11.7. The number of nitriles is 1. The molecule has 4 aromatic heterocycles. The van der Waals surface area contributed by atoms with Crippen LogP contribution in [0.3, 0.4) is 0 Å². The van der Waals surface area contributed by atoms with Gasteiger partial charge in [0.2, 0.25) is 5.78 Å². The van der Waals surface area contributed by atoms with Gasteiger partial charge in [0.25, 0.3) is 23.6 Å². The van der Waals surface area contributed by atoms with E-state index in [1.54, 1.807) is 46.8 Å². The Balaban J connectivity index is 0.000000187. The molecule has 4 atom stereocenters. The number of ether oxygens (including phenoxy) is 2. The van der Waals surface area contributed by atoms with Crippen molar-refractivity contribution in [1.29, 1.82) is 5.26 Å². The summed E-state index contributed by atoms with van der Waals surface area (Å²) in [4.78, 5) is 128. The van der Waals surface area contributed by atoms with Crippen LogP contribution in [-0.4, -0.2) is 157 Å². The number of ketones is 2. The van der Waals surface area contributed by atoms with Gasteiger partial charge in [0.15, 0.2) is 5.78 Å². The molecule has 0 fully saturated rings. The Morgan fingerprint density at radius 3 is 0.903 bits per heavy atom. The number of nitrogens with zero attached hydrogens (tertiary/aromatic N) is 13. The minimum Gasteiger partial charge on any atom is -0.481 e. The first-order valence-corrected chi connectivity index (χ1v) is 39.3. The average molecular weight is 1850 g/mol. The lowest BCUT2D eigenvalue weighted by atomic mass is 9.91. The number of methoxy groups -OCH3 is 1. The second-order valence-electron chi connectivity index (χ2n) is 26.3. The number of Topliss-reactive ketones (excluding diaryl/α,β-unsaturated/α-hetero) is 2. The lowest BCUT2D eigenvalue weighted by Crippen LogP contribution is -2.35. The fourth-order valence-corrected chi connectivity index (χ4v) is 14.3. The lowest BCUT2D eigenvalue weighted by Gasteiger charge is -2.17. The van der Waals surface area contributed by atoms with Crippen molar-refractivity contribution in [2.45, 2.75) is 58.3 Å². The molecule has 0 saturated carbocycles. The first-order valence-electron chi connectivity index (χ1n) is 36.3. The maximum absolute atomic E-state index is 13.7. The molecule has 124 heavy (non-hydrogen) atoms. The molecule has 4 heterocycles. The number of esters is 2. The van der Waals surface area contributed by atoms with Gasteiger partial charge in [0.1, 0.15) is 77.9 Å². The zero-order valence-electron chi connectivity index (χ0n) is 65.5. The van der Waals surface area contributed by atoms with Crippen LogP contribution in [0.5, 0.6) is 0 Å². The highest BCUT2D eigenvalue weighted by Gasteiger charge is 2.32. The summed E-state index contributed by atoms with van der Waals surface area (Å²) in [6.45, 7) is 11.2. The summed E-state index contributed by atoms with van der Waals surface area (Å²) < 4.78 is 69.8. The molecule has 0 radical (unpaired) electrons. The van der Waals surface area contributed by atoms with Crippen LogP contribution in [0.1, 0.15) is 118 Å². The van der Waals surface area contributed by atoms with E-state index in [1.165, 1.54) is 165 Å². The molecule has 5 N–H and O–H groups in total. The molecule has 4 amide bonds. The van der Waals surface area contributed by atoms with E-state index in [2.05, 4.69) is 72.9 Å². The fraction of sp³-hybridized carbons (Fsp3) is 0.181. The molecule has 640 valence electrons. The number of aromatic nitrogens is 12. The number of carbonyl (C=O) groups is 9. The van der Waals surface area contributed by atoms with Crippen molar-refractivity contribution in [3.05, 3.63) is 314 Å². The first kappa shape index (κ1) is 95.1. The SMILES string of the molecule is C=C(C#N)C(=O)C(CNC(=O)c1c(Cl)cc(-n2cnc(C)n2)cc1Cl)c1cccc(F)c1.CCOC(=O)C(CNC(=O)c1c(Cl)cc(-n2cnc(C)n2)cc1Cl)c1cccc(F)c1.COC(=O)C(=O)C(CNC(=O)c1c(Cl)cc(-n2cnc(C)n2)cc1Cl)c1cccc(F)c1.Cc1ncn(-c2cc(Cl)c(C(=O)NCC(C(=O)O)c3cccc(F)c3)c(Cl)c2)n1. The van der Waals surface area contributed by atoms with Crippen LogP contribution in [0.25, 0.3) is 22.7 Å². The second-order valence-corrected chi connectivity index (χ2v) is 29.5. The van der Waals surface area contributed by atoms with E-state index < -0.39 is 100 Å². The van der Waals surface area contributed by atoms with Gasteiger partial charge in [-0.1, -0.05) is 148 Å². The maximum atomic E-state index is 13.7. The Morgan fingerprint density at radius 1 is 0.419 bits per heavy atom. The molecule has 0 aliphatic heterocycles. The number of rotatable bonds is 27. The number of aliphatic carboxylic acids is 1. The van der Waals surface area contributed by atoms with Gasteiger partial charge in [-0.05, 0) is 154 Å². The largest absolute Gasteiger partial charge is 0.481 e. The van der Waals surface area contributed by atoms with Crippen LogP contribution in [0.4, 0.5) is 17.6 Å². The predicted octanol–water partition coefficient (Wildman–Crippen LogP) is 15.2. The molecule has 29 nitrogen and oxygen atoms in total. The van der Waals surface area contributed by atoms with E-state index in [0.29, 0.717) is 57.2 Å². The number of carbonyl (C=O) groups excluding carboxylic acids is 8. The second kappa shape index (κ2) is 43.8. The Morgan fingerprint density at radius 2 is 0.669 bits per heavy atom. The van der Waals surface area contributed by atoms with Crippen LogP contribution in [0, 0.1) is 62.3 Å². The Labute approximate surface area is 743 Å². The Kier molecular flexibility index (Phi) is 33.6. The maximum Gasteiger partial charge on any atom is 0.375 e. The summed E-state index contributed by atoms with van der Waals surface area (Å²) in [5.74, 6) is -11.2. The number of hydrogen-bond acceptors (Lipinski definition) is 20. The smallest absolute Gasteiger partial charge is 0.375 e. The predicted molar refractivity (Wildman–Crippen MR) is 451 cm³/mol. The number of amides is 4. The molecule has 4 unspecified atom stereocenters. The van der Waals surface area contributed by atoms with Crippen LogP contribution >= 0.6 is 92.8 Å². The van der Waals surface area contributed by atoms with Gasteiger partial charge in [0.05, 0.1) is 128 Å². The molecule has 8 aromatic carbocycles. The zero-order valence-corrected chi connectivity index (χ0v) is 71.6. The Bertz CT molecular complexity index is 6030. The van der Waals surface area contributed by atoms with Crippen molar-refractivity contribution in [1.82, 2.24) is 80.3 Å². The third kappa shape index (κ3) is 25.0. The number of benzene rings is 8. The number of allylic oxidation sites excluding steroid dienone is 1. The van der Waals surface area contributed by atoms with Crippen LogP contribution in [-0.2, 0) is 33.4 Å². The fourth-order valence-electron chi connectivity index (χ4n) is 11.7. The highest BCUT2D eigenvalue weighted by atomic mass is 35.5. The third-order valence-electron chi connectivity index (χ3n) is 17.7. The van der Waals surface area contributed by atoms with Crippen molar-refractivity contribution < 1.29 is 75.3 Å². The number of aryl methyl sites for hydroxylation is 4. The summed E-state index contributed by atoms with van der Waals surface area (Å²) >= 11 is 50.2. The summed E-state index contributed by atoms with van der Waals surface area (Å²) in [6, 6.07) is 35.0. The van der Waals surface area contributed by atoms with E-state index >= 15 is 0 Å². The van der Waals surface area contributed by atoms with Gasteiger partial charge in [-0.25, -0.2) is 61.0 Å². The molecule has 0 spiro atoms. The van der Waals surface area contributed by atoms with Crippen molar-refractivity contribution in [3.63, 3.8) is 0 Å². The van der Waals surface area contributed by atoms with Gasteiger partial charge in [-0.15, -0.1) is 0 Å². The van der Waals surface area contributed by atoms with Gasteiger partial charge >= 0.3 is 17.9 Å². The standard InChI is InChI=1S/C22H16Cl2FN5O2.C21H17Cl2FN4O4.C21H19Cl2FN4O3.C19H15Cl2FN4O3/c1-12(9-26)21(31)17(14-4-3-5-15(25)6-14)10-27-22(32)20-18(23)7-16(8-19(20)24)30-11-28-13(2)29-30;1-11-26-10-28(27-11)14-7-16(22)18(17(23)8-14)20(30)25-9-15(19(29)21(31)32-2)12-4-3-5-13(24)6-12;1-3-31-21(30)16(13-5-4-6-14(24)7-13)10-25-20(29)19-17(22)8-15(9-18(19)23)28-11-26-12(2)27-28;1-10-24-9-26(25-10)13-6-15(20)17(16(21)7-13)18(27)23-8-14(19(28)29)11-3-2-4-12(22)5-11/h3-8,11,17H,1,10H2,2H3,(H,27,32);3-8,10,15H,9H2,1-2H3,(H,25,30);4-9,11,16H,3,10H2,1-2H3,(H,25,29);2-7,9,14H,8H2,1H3,(H,23,27)(H,28,29). The molecule has 0 aliphatic rings. The molecule has 0 saturated heterocycles. The topological polar surface area (TPSA) is 387 Å². The van der Waals surface area contributed by atoms with Crippen molar-refractivity contribution >= 4 is 146 Å². The molecule has 0 aliphatic carbocycles. The number of hydrogen-bond donors (Lipinski definition) is 5. The van der Waals surface area contributed by atoms with Crippen molar-refractivity contribution in [3.8, 4) is 28.8 Å². The molecular weight excluding hydrogens is 1790 g/mol. The van der Waals surface area contributed by atoms with Crippen LogP contribution < -0.4 is 21.3 Å². The Hall–Kier alpha value is -12.8. The van der Waals surface area contributed by atoms with Gasteiger partial charge in [-0.3, -0.25) is 38.4 Å². The summed E-state index contributed by atoms with van der Waals surface area (Å²) in [5, 5.41) is 45.9. The number of carboxylic acids is 1. The van der Waals surface area contributed by atoms with Gasteiger partial charge in [0, 0.05) is 26.2 Å². The van der Waals surface area contributed by atoms with E-state index in [1.807, 2.05) is 0 Å². The van der Waals surface area contributed by atoms with Crippen molar-refractivity contribution in [2.75, 3.05) is 39.9 Å². The monoisotopic (exact) mass is 1850 g/mol. The van der Waals surface area contributed by atoms with Crippen molar-refractivity contribution in [2.24, 2.45) is 0 Å². The van der Waals surface area contributed by atoms with E-state index in [9.17, 15) is 65.8 Å². The molecular formula is C83H67Cl8F4N17O12. The van der Waals surface area contributed by atoms with E-state index in [4.69, 9.17) is 103 Å². The molecule has 0 bridgehead atoms. The summed E-state index contributed by atoms with van der Waals surface area (Å²) in [6.07, 6.45) is 5.93. The molecule has 41 heteroatoms. The zero-order chi connectivity index (χ0) is 90.5. The van der Waals surface area contributed by atoms with Gasteiger partial charge in [-0.2, -0.15) is 25.7 Å². The van der Waals surface area contributed by atoms with Crippen LogP contribution in [0.15, 0.2) is 183 Å².